The van der Waals surface area contributed by atoms with Crippen molar-refractivity contribution in [2.75, 3.05) is 6.54 Å². The summed E-state index contributed by atoms with van der Waals surface area (Å²) in [7, 11) is 0. The molecular formula is C42H34N4. The number of aromatic nitrogens is 3. The van der Waals surface area contributed by atoms with E-state index < -0.39 is 0 Å². The molecule has 222 valence electrons. The molecule has 3 aromatic heterocycles. The third kappa shape index (κ3) is 5.08. The summed E-state index contributed by atoms with van der Waals surface area (Å²) in [4.78, 5) is 10.2. The van der Waals surface area contributed by atoms with Crippen molar-refractivity contribution < 1.29 is 0 Å². The number of dihydropyridines is 1. The van der Waals surface area contributed by atoms with Crippen LogP contribution in [0, 0.1) is 5.92 Å². The maximum atomic E-state index is 5.14. The highest BCUT2D eigenvalue weighted by Gasteiger charge is 2.16. The van der Waals surface area contributed by atoms with Crippen LogP contribution in [0.15, 0.2) is 151 Å². The summed E-state index contributed by atoms with van der Waals surface area (Å²) >= 11 is 0. The molecule has 1 aliphatic heterocycles. The van der Waals surface area contributed by atoms with Crippen LogP contribution >= 0.6 is 0 Å². The highest BCUT2D eigenvalue weighted by atomic mass is 15.0. The van der Waals surface area contributed by atoms with Crippen LogP contribution in [0.1, 0.15) is 25.2 Å². The third-order valence-electron chi connectivity index (χ3n) is 9.09. The first-order valence-corrected chi connectivity index (χ1v) is 15.9. The maximum absolute atomic E-state index is 5.14. The highest BCUT2D eigenvalue weighted by Crippen LogP contribution is 2.37. The lowest BCUT2D eigenvalue weighted by atomic mass is 10.0. The van der Waals surface area contributed by atoms with Gasteiger partial charge in [-0.25, -0.2) is 9.97 Å². The molecule has 1 N–H and O–H groups in total. The molecule has 0 spiro atoms. The van der Waals surface area contributed by atoms with Crippen LogP contribution in [0.3, 0.4) is 0 Å². The van der Waals surface area contributed by atoms with Crippen LogP contribution in [0.5, 0.6) is 0 Å². The van der Waals surface area contributed by atoms with E-state index in [2.05, 4.69) is 163 Å². The summed E-state index contributed by atoms with van der Waals surface area (Å²) in [6, 6.07) is 36.6. The molecule has 2 aliphatic rings. The van der Waals surface area contributed by atoms with Crippen molar-refractivity contribution in [2.24, 2.45) is 5.92 Å². The van der Waals surface area contributed by atoms with Gasteiger partial charge in [0.15, 0.2) is 0 Å². The van der Waals surface area contributed by atoms with Gasteiger partial charge in [0.25, 0.3) is 0 Å². The van der Waals surface area contributed by atoms with E-state index in [1.165, 1.54) is 16.3 Å². The second kappa shape index (κ2) is 11.6. The number of allylic oxidation sites excluding steroid dienone is 8. The third-order valence-corrected chi connectivity index (χ3v) is 9.09. The fourth-order valence-electron chi connectivity index (χ4n) is 6.35. The Morgan fingerprint density at radius 3 is 1.91 bits per heavy atom. The average molecular weight is 595 g/mol. The molecule has 8 rings (SSSR count). The predicted octanol–water partition coefficient (Wildman–Crippen LogP) is 9.94. The minimum atomic E-state index is 0.420. The Morgan fingerprint density at radius 1 is 0.652 bits per heavy atom. The Balaban J connectivity index is 1.26. The van der Waals surface area contributed by atoms with E-state index in [-0.39, 0.29) is 0 Å². The molecule has 0 saturated carbocycles. The first kappa shape index (κ1) is 27.8. The number of pyridine rings is 2. The molecule has 0 saturated heterocycles. The zero-order chi connectivity index (χ0) is 31.0. The zero-order valence-corrected chi connectivity index (χ0v) is 26.0. The fraction of sp³-hybridized carbons (Fsp3) is 0.0952. The number of hydrogen-bond acceptors (Lipinski definition) is 3. The normalized spacial score (nSPS) is 16.1. The van der Waals surface area contributed by atoms with Crippen molar-refractivity contribution in [3.63, 3.8) is 0 Å². The standard InChI is InChI=1S/C42H34N4/c1-28-14-16-30(17-15-29(28)2)37-10-6-12-39(44-37)32-18-20-35-36-21-19-33(40-13-7-11-38(45-40)31-22-24-43-25-23-31)27-42(36)46(41(35)26-32)34-8-4-3-5-9-34/h3-24,26-28,43H,25H2,1-2H3. The largest absolute Gasteiger partial charge is 0.387 e. The summed E-state index contributed by atoms with van der Waals surface area (Å²) in [5, 5.41) is 5.64. The Morgan fingerprint density at radius 2 is 1.28 bits per heavy atom. The van der Waals surface area contributed by atoms with Crippen LogP contribution in [-0.4, -0.2) is 21.1 Å². The quantitative estimate of drug-likeness (QED) is 0.216. The summed E-state index contributed by atoms with van der Waals surface area (Å²) in [6.07, 6.45) is 15.1. The van der Waals surface area contributed by atoms with Gasteiger partial charge < -0.3 is 9.88 Å². The fourth-order valence-corrected chi connectivity index (χ4v) is 6.35. The molecular weight excluding hydrogens is 560 g/mol. The molecule has 0 radical (unpaired) electrons. The van der Waals surface area contributed by atoms with Crippen molar-refractivity contribution in [2.45, 2.75) is 13.8 Å². The molecule has 1 aliphatic carbocycles. The minimum Gasteiger partial charge on any atom is -0.387 e. The molecule has 1 unspecified atom stereocenters. The average Bonchev–Trinajstić information content (AvgIpc) is 3.34. The van der Waals surface area contributed by atoms with E-state index in [0.29, 0.717) is 5.92 Å². The second-order valence-electron chi connectivity index (χ2n) is 12.0. The SMILES string of the molecule is CC1=CC=C(c2cccc(-c3ccc4c5ccc(-c6cccc(C7=CCNC=C7)n6)cc5n(-c5ccccc5)c4c3)n2)C=CC1C. The summed E-state index contributed by atoms with van der Waals surface area (Å²) in [5.74, 6) is 0.420. The second-order valence-corrected chi connectivity index (χ2v) is 12.0. The van der Waals surface area contributed by atoms with Gasteiger partial charge in [-0.2, -0.15) is 0 Å². The van der Waals surface area contributed by atoms with Crippen molar-refractivity contribution in [1.29, 1.82) is 0 Å². The van der Waals surface area contributed by atoms with E-state index in [1.54, 1.807) is 0 Å². The Kier molecular flexibility index (Phi) is 7.03. The topological polar surface area (TPSA) is 42.7 Å². The van der Waals surface area contributed by atoms with Crippen LogP contribution in [0.4, 0.5) is 0 Å². The van der Waals surface area contributed by atoms with Gasteiger partial charge >= 0.3 is 0 Å². The van der Waals surface area contributed by atoms with E-state index in [0.717, 1.165) is 68.3 Å². The molecule has 6 aromatic rings. The number of rotatable bonds is 5. The van der Waals surface area contributed by atoms with E-state index in [1.807, 2.05) is 6.20 Å². The predicted molar refractivity (Wildman–Crippen MR) is 192 cm³/mol. The van der Waals surface area contributed by atoms with Crippen molar-refractivity contribution >= 4 is 33.0 Å². The Hall–Kier alpha value is -5.74. The van der Waals surface area contributed by atoms with Crippen LogP contribution < -0.4 is 5.32 Å². The lowest BCUT2D eigenvalue weighted by molar-refractivity contribution is 0.865. The van der Waals surface area contributed by atoms with Crippen LogP contribution in [-0.2, 0) is 0 Å². The smallest absolute Gasteiger partial charge is 0.0710 e. The molecule has 4 nitrogen and oxygen atoms in total. The van der Waals surface area contributed by atoms with Gasteiger partial charge in [-0.15, -0.1) is 0 Å². The molecule has 0 amide bonds. The molecule has 0 bridgehead atoms. The van der Waals surface area contributed by atoms with Gasteiger partial charge in [0.1, 0.15) is 0 Å². The molecule has 3 aromatic carbocycles. The Labute approximate surface area is 269 Å². The number of nitrogens with zero attached hydrogens (tertiary/aromatic N) is 3. The zero-order valence-electron chi connectivity index (χ0n) is 26.0. The first-order valence-electron chi connectivity index (χ1n) is 15.9. The molecule has 4 heteroatoms. The summed E-state index contributed by atoms with van der Waals surface area (Å²) < 4.78 is 2.37. The Bertz CT molecular complexity index is 2280. The number of hydrogen-bond donors (Lipinski definition) is 1. The van der Waals surface area contributed by atoms with Gasteiger partial charge in [0.05, 0.1) is 33.8 Å². The monoisotopic (exact) mass is 594 g/mol. The van der Waals surface area contributed by atoms with Gasteiger partial charge in [0, 0.05) is 34.1 Å². The lowest BCUT2D eigenvalue weighted by Crippen LogP contribution is -2.08. The van der Waals surface area contributed by atoms with E-state index in [4.69, 9.17) is 9.97 Å². The van der Waals surface area contributed by atoms with Gasteiger partial charge in [0.2, 0.25) is 0 Å². The van der Waals surface area contributed by atoms with Crippen molar-refractivity contribution in [3.05, 3.63) is 163 Å². The summed E-state index contributed by atoms with van der Waals surface area (Å²) in [6.45, 7) is 5.22. The molecule has 0 fully saturated rings. The van der Waals surface area contributed by atoms with Crippen LogP contribution in [0.25, 0.3) is 61.2 Å². The van der Waals surface area contributed by atoms with Gasteiger partial charge in [-0.3, -0.25) is 0 Å². The highest BCUT2D eigenvalue weighted by molar-refractivity contribution is 6.11. The van der Waals surface area contributed by atoms with E-state index in [9.17, 15) is 0 Å². The first-order chi connectivity index (χ1) is 22.6. The number of benzene rings is 3. The molecule has 4 heterocycles. The number of para-hydroxylation sites is 1. The van der Waals surface area contributed by atoms with Crippen molar-refractivity contribution in [3.8, 4) is 28.2 Å². The van der Waals surface area contributed by atoms with E-state index >= 15 is 0 Å². The molecule has 46 heavy (non-hydrogen) atoms. The molecule has 1 atom stereocenters. The minimum absolute atomic E-state index is 0.420. The lowest BCUT2D eigenvalue weighted by Gasteiger charge is -2.11. The van der Waals surface area contributed by atoms with Gasteiger partial charge in [-0.05, 0) is 84.8 Å². The summed E-state index contributed by atoms with van der Waals surface area (Å²) in [5.41, 5.74) is 13.1. The van der Waals surface area contributed by atoms with Crippen LogP contribution in [0.2, 0.25) is 0 Å². The van der Waals surface area contributed by atoms with Crippen molar-refractivity contribution in [1.82, 2.24) is 19.9 Å². The number of nitrogens with one attached hydrogen (secondary N) is 1. The van der Waals surface area contributed by atoms with Gasteiger partial charge in [-0.1, -0.05) is 97.5 Å². The maximum Gasteiger partial charge on any atom is 0.0710 e. The number of fused-ring (bicyclic) bond motifs is 3.